The van der Waals surface area contributed by atoms with Gasteiger partial charge in [0.2, 0.25) is 5.91 Å². The lowest BCUT2D eigenvalue weighted by atomic mass is 9.99. The van der Waals surface area contributed by atoms with Crippen molar-refractivity contribution in [2.24, 2.45) is 11.8 Å². The first kappa shape index (κ1) is 16.7. The summed E-state index contributed by atoms with van der Waals surface area (Å²) in [6, 6.07) is 6.94. The Morgan fingerprint density at radius 2 is 2.04 bits per heavy atom. The van der Waals surface area contributed by atoms with Gasteiger partial charge in [-0.25, -0.2) is 4.79 Å². The zero-order valence-electron chi connectivity index (χ0n) is 13.9. The number of para-hydroxylation sites is 1. The SMILES string of the molecule is O=C(NCC1CC1)[C@@H]1C[C@H]2CN(C(=O)Nc3ccccc3Cl)C[C@@H]1O2. The van der Waals surface area contributed by atoms with E-state index in [1.54, 1.807) is 17.0 Å². The van der Waals surface area contributed by atoms with Gasteiger partial charge >= 0.3 is 6.03 Å². The molecule has 2 saturated heterocycles. The van der Waals surface area contributed by atoms with Gasteiger partial charge in [0.05, 0.1) is 28.8 Å². The van der Waals surface area contributed by atoms with Crippen molar-refractivity contribution in [1.29, 1.82) is 0 Å². The number of carbonyl (C=O) groups is 2. The van der Waals surface area contributed by atoms with Crippen LogP contribution in [0.15, 0.2) is 24.3 Å². The van der Waals surface area contributed by atoms with Crippen molar-refractivity contribution in [1.82, 2.24) is 10.2 Å². The van der Waals surface area contributed by atoms with Crippen LogP contribution in [0.1, 0.15) is 19.3 Å². The van der Waals surface area contributed by atoms with Gasteiger partial charge in [-0.3, -0.25) is 4.79 Å². The lowest BCUT2D eigenvalue weighted by molar-refractivity contribution is -0.127. The van der Waals surface area contributed by atoms with Crippen molar-refractivity contribution < 1.29 is 14.3 Å². The molecular formula is C18H22ClN3O3. The summed E-state index contributed by atoms with van der Waals surface area (Å²) in [5, 5.41) is 6.38. The van der Waals surface area contributed by atoms with E-state index in [0.29, 0.717) is 36.1 Å². The van der Waals surface area contributed by atoms with Gasteiger partial charge in [-0.05, 0) is 37.3 Å². The summed E-state index contributed by atoms with van der Waals surface area (Å²) in [6.45, 7) is 1.69. The Hall–Kier alpha value is -1.79. The number of nitrogens with one attached hydrogen (secondary N) is 2. The van der Waals surface area contributed by atoms with Crippen molar-refractivity contribution in [3.8, 4) is 0 Å². The molecule has 1 saturated carbocycles. The minimum absolute atomic E-state index is 0.0627. The molecule has 3 aliphatic rings. The molecule has 4 rings (SSSR count). The van der Waals surface area contributed by atoms with Crippen LogP contribution in [0.4, 0.5) is 10.5 Å². The fourth-order valence-electron chi connectivity index (χ4n) is 3.55. The molecule has 0 radical (unpaired) electrons. The van der Waals surface area contributed by atoms with Crippen molar-refractivity contribution >= 4 is 29.2 Å². The Labute approximate surface area is 151 Å². The van der Waals surface area contributed by atoms with Crippen LogP contribution in [0.2, 0.25) is 5.02 Å². The Bertz CT molecular complexity index is 679. The van der Waals surface area contributed by atoms with Crippen molar-refractivity contribution in [2.75, 3.05) is 25.0 Å². The van der Waals surface area contributed by atoms with Crippen LogP contribution in [-0.4, -0.2) is 48.7 Å². The molecule has 0 aromatic heterocycles. The molecule has 1 aromatic rings. The highest BCUT2D eigenvalue weighted by Gasteiger charge is 2.45. The van der Waals surface area contributed by atoms with Gasteiger partial charge in [-0.15, -0.1) is 0 Å². The highest BCUT2D eigenvalue weighted by Crippen LogP contribution is 2.33. The first-order valence-corrected chi connectivity index (χ1v) is 9.21. The molecule has 2 heterocycles. The van der Waals surface area contributed by atoms with E-state index in [9.17, 15) is 9.59 Å². The Morgan fingerprint density at radius 1 is 1.24 bits per heavy atom. The summed E-state index contributed by atoms with van der Waals surface area (Å²) in [6.07, 6.45) is 2.80. The monoisotopic (exact) mass is 363 g/mol. The normalized spacial score (nSPS) is 27.9. The van der Waals surface area contributed by atoms with E-state index in [0.717, 1.165) is 6.54 Å². The molecule has 2 aliphatic heterocycles. The third kappa shape index (κ3) is 3.75. The van der Waals surface area contributed by atoms with Gasteiger partial charge in [0.1, 0.15) is 0 Å². The average molecular weight is 364 g/mol. The highest BCUT2D eigenvalue weighted by atomic mass is 35.5. The molecule has 0 unspecified atom stereocenters. The van der Waals surface area contributed by atoms with E-state index >= 15 is 0 Å². The Balaban J connectivity index is 1.35. The predicted octanol–water partition coefficient (Wildman–Crippen LogP) is 2.49. The summed E-state index contributed by atoms with van der Waals surface area (Å²) < 4.78 is 5.90. The number of hydrogen-bond donors (Lipinski definition) is 2. The maximum atomic E-state index is 12.5. The van der Waals surface area contributed by atoms with E-state index in [-0.39, 0.29) is 30.1 Å². The minimum atomic E-state index is -0.227. The zero-order chi connectivity index (χ0) is 17.4. The third-order valence-electron chi connectivity index (χ3n) is 5.16. The standard InChI is InChI=1S/C18H22ClN3O3/c19-14-3-1-2-4-15(14)21-18(24)22-9-12-7-13(16(10-22)25-12)17(23)20-8-11-5-6-11/h1-4,11-13,16H,5-10H2,(H,20,23)(H,21,24)/t12-,13+,16-/m0/s1. The van der Waals surface area contributed by atoms with E-state index in [1.165, 1.54) is 12.8 Å². The number of fused-ring (bicyclic) bond motifs is 2. The summed E-state index contributed by atoms with van der Waals surface area (Å²) >= 11 is 6.10. The second kappa shape index (κ2) is 6.84. The molecule has 134 valence electrons. The van der Waals surface area contributed by atoms with Crippen LogP contribution in [0, 0.1) is 11.8 Å². The second-order valence-electron chi connectivity index (χ2n) is 7.14. The van der Waals surface area contributed by atoms with Crippen LogP contribution in [0.5, 0.6) is 0 Å². The largest absolute Gasteiger partial charge is 0.370 e. The summed E-state index contributed by atoms with van der Waals surface area (Å²) in [7, 11) is 0. The molecule has 1 aromatic carbocycles. The lowest BCUT2D eigenvalue weighted by Gasteiger charge is -2.32. The number of halogens is 1. The molecule has 7 heteroatoms. The molecule has 25 heavy (non-hydrogen) atoms. The van der Waals surface area contributed by atoms with Crippen molar-refractivity contribution in [3.05, 3.63) is 29.3 Å². The van der Waals surface area contributed by atoms with Gasteiger partial charge in [0, 0.05) is 19.6 Å². The molecule has 6 nitrogen and oxygen atoms in total. The molecule has 3 amide bonds. The fraction of sp³-hybridized carbons (Fsp3) is 0.556. The van der Waals surface area contributed by atoms with Crippen LogP contribution >= 0.6 is 11.6 Å². The van der Waals surface area contributed by atoms with E-state index < -0.39 is 0 Å². The van der Waals surface area contributed by atoms with Gasteiger partial charge in [0.15, 0.2) is 0 Å². The highest BCUT2D eigenvalue weighted by molar-refractivity contribution is 6.33. The molecule has 1 aliphatic carbocycles. The number of morpholine rings is 1. The number of nitrogens with zero attached hydrogens (tertiary/aromatic N) is 1. The van der Waals surface area contributed by atoms with Crippen LogP contribution in [0.3, 0.4) is 0 Å². The molecule has 3 fully saturated rings. The van der Waals surface area contributed by atoms with E-state index in [2.05, 4.69) is 10.6 Å². The number of anilines is 1. The Morgan fingerprint density at radius 3 is 2.80 bits per heavy atom. The summed E-state index contributed by atoms with van der Waals surface area (Å²) in [4.78, 5) is 26.7. The molecule has 3 atom stereocenters. The summed E-state index contributed by atoms with van der Waals surface area (Å²) in [5.74, 6) is 0.554. The number of amides is 3. The van der Waals surface area contributed by atoms with Gasteiger partial charge in [-0.1, -0.05) is 23.7 Å². The molecule has 2 N–H and O–H groups in total. The number of ether oxygens (including phenoxy) is 1. The number of benzene rings is 1. The smallest absolute Gasteiger partial charge is 0.322 e. The average Bonchev–Trinajstić information content (AvgIpc) is 3.39. The van der Waals surface area contributed by atoms with E-state index in [1.807, 2.05) is 12.1 Å². The number of likely N-dealkylation sites (tertiary alicyclic amines) is 1. The van der Waals surface area contributed by atoms with Crippen LogP contribution in [0.25, 0.3) is 0 Å². The molecular weight excluding hydrogens is 342 g/mol. The molecule has 0 spiro atoms. The first-order chi connectivity index (χ1) is 12.1. The lowest BCUT2D eigenvalue weighted by Crippen LogP contribution is -2.49. The topological polar surface area (TPSA) is 70.7 Å². The summed E-state index contributed by atoms with van der Waals surface area (Å²) in [5.41, 5.74) is 0.590. The van der Waals surface area contributed by atoms with Gasteiger partial charge in [-0.2, -0.15) is 0 Å². The van der Waals surface area contributed by atoms with Crippen LogP contribution in [-0.2, 0) is 9.53 Å². The maximum absolute atomic E-state index is 12.5. The number of carbonyl (C=O) groups excluding carboxylic acids is 2. The Kier molecular flexibility index (Phi) is 4.56. The number of urea groups is 1. The number of hydrogen-bond acceptors (Lipinski definition) is 3. The van der Waals surface area contributed by atoms with Crippen LogP contribution < -0.4 is 10.6 Å². The number of rotatable bonds is 4. The predicted molar refractivity (Wildman–Crippen MR) is 94.5 cm³/mol. The minimum Gasteiger partial charge on any atom is -0.370 e. The molecule has 2 bridgehead atoms. The zero-order valence-corrected chi connectivity index (χ0v) is 14.7. The quantitative estimate of drug-likeness (QED) is 0.863. The second-order valence-corrected chi connectivity index (χ2v) is 7.55. The first-order valence-electron chi connectivity index (χ1n) is 8.84. The third-order valence-corrected chi connectivity index (χ3v) is 5.49. The van der Waals surface area contributed by atoms with E-state index in [4.69, 9.17) is 16.3 Å². The van der Waals surface area contributed by atoms with Crippen molar-refractivity contribution in [3.63, 3.8) is 0 Å². The van der Waals surface area contributed by atoms with Crippen molar-refractivity contribution in [2.45, 2.75) is 31.5 Å². The van der Waals surface area contributed by atoms with Gasteiger partial charge < -0.3 is 20.3 Å². The van der Waals surface area contributed by atoms with Gasteiger partial charge in [0.25, 0.3) is 0 Å². The maximum Gasteiger partial charge on any atom is 0.322 e. The fourth-order valence-corrected chi connectivity index (χ4v) is 3.74.